The number of aliphatic carboxylic acids is 1. The molecule has 0 aliphatic heterocycles. The van der Waals surface area contributed by atoms with Crippen molar-refractivity contribution in [2.75, 3.05) is 0 Å². The van der Waals surface area contributed by atoms with Gasteiger partial charge in [0.1, 0.15) is 6.04 Å². The Labute approximate surface area is 155 Å². The Hall–Kier alpha value is -1.74. The summed E-state index contributed by atoms with van der Waals surface area (Å²) in [5.41, 5.74) is 1.83. The quantitative estimate of drug-likeness (QED) is 0.733. The van der Waals surface area contributed by atoms with Crippen molar-refractivity contribution in [3.8, 4) is 11.1 Å². The highest BCUT2D eigenvalue weighted by Crippen LogP contribution is 2.23. The molecular weight excluding hydrogens is 410 g/mol. The summed E-state index contributed by atoms with van der Waals surface area (Å²) in [6, 6.07) is 12.8. The molecule has 0 aliphatic carbocycles. The number of carboxylic acids is 1. The van der Waals surface area contributed by atoms with E-state index in [1.807, 2.05) is 24.3 Å². The average molecular weight is 430 g/mol. The Morgan fingerprint density at radius 1 is 1.00 bits per heavy atom. The summed E-state index contributed by atoms with van der Waals surface area (Å²) in [6.45, 7) is 3.30. The lowest BCUT2D eigenvalue weighted by atomic mass is 10.1. The molecule has 0 aliphatic rings. The number of hydrogen-bond donors (Lipinski definition) is 2. The molecule has 0 unspecified atom stereocenters. The minimum atomic E-state index is -3.89. The summed E-state index contributed by atoms with van der Waals surface area (Å²) in [7, 11) is -3.89. The molecule has 0 spiro atoms. The topological polar surface area (TPSA) is 115 Å². The SMILES string of the molecule is CC(C)[C@H](NS(=O)(=O)c1ccc(-c2ccc(Br)cc2)cc1)C(=O)O.O. The van der Waals surface area contributed by atoms with Gasteiger partial charge in [-0.3, -0.25) is 4.79 Å². The van der Waals surface area contributed by atoms with E-state index in [2.05, 4.69) is 20.7 Å². The number of sulfonamides is 1. The first kappa shape index (κ1) is 21.3. The van der Waals surface area contributed by atoms with Gasteiger partial charge in [-0.1, -0.05) is 54.0 Å². The Morgan fingerprint density at radius 2 is 1.44 bits per heavy atom. The second kappa shape index (κ2) is 8.57. The lowest BCUT2D eigenvalue weighted by Crippen LogP contribution is -2.44. The molecule has 0 fully saturated rings. The first-order valence-corrected chi connectivity index (χ1v) is 9.59. The molecule has 2 aromatic carbocycles. The van der Waals surface area contributed by atoms with Gasteiger partial charge in [0.05, 0.1) is 4.90 Å². The van der Waals surface area contributed by atoms with Crippen molar-refractivity contribution in [1.29, 1.82) is 0 Å². The van der Waals surface area contributed by atoms with E-state index in [1.54, 1.807) is 26.0 Å². The molecule has 0 saturated heterocycles. The fourth-order valence-corrected chi connectivity index (χ4v) is 3.78. The van der Waals surface area contributed by atoms with E-state index >= 15 is 0 Å². The zero-order chi connectivity index (χ0) is 17.9. The Morgan fingerprint density at radius 3 is 1.84 bits per heavy atom. The third kappa shape index (κ3) is 5.37. The van der Waals surface area contributed by atoms with Crippen molar-refractivity contribution >= 4 is 31.9 Å². The van der Waals surface area contributed by atoms with Gasteiger partial charge < -0.3 is 10.6 Å². The lowest BCUT2D eigenvalue weighted by Gasteiger charge is -2.18. The second-order valence-corrected chi connectivity index (χ2v) is 8.34. The van der Waals surface area contributed by atoms with Crippen LogP contribution in [-0.4, -0.2) is 31.0 Å². The maximum Gasteiger partial charge on any atom is 0.322 e. The van der Waals surface area contributed by atoms with Gasteiger partial charge in [-0.2, -0.15) is 4.72 Å². The largest absolute Gasteiger partial charge is 0.480 e. The van der Waals surface area contributed by atoms with Gasteiger partial charge in [0.2, 0.25) is 10.0 Å². The number of rotatable bonds is 6. The minimum Gasteiger partial charge on any atom is -0.480 e. The van der Waals surface area contributed by atoms with E-state index in [0.717, 1.165) is 15.6 Å². The molecule has 136 valence electrons. The highest BCUT2D eigenvalue weighted by Gasteiger charge is 2.27. The van der Waals surface area contributed by atoms with Crippen LogP contribution in [0.25, 0.3) is 11.1 Å². The van der Waals surface area contributed by atoms with Crippen LogP contribution >= 0.6 is 15.9 Å². The van der Waals surface area contributed by atoms with Crippen molar-refractivity contribution in [2.24, 2.45) is 5.92 Å². The molecule has 2 rings (SSSR count). The minimum absolute atomic E-state index is 0. The molecule has 6 nitrogen and oxygen atoms in total. The standard InChI is InChI=1S/C17H18BrNO4S.H2O/c1-11(2)16(17(20)21)19-24(22,23)15-9-5-13(6-10-15)12-3-7-14(18)8-4-12;/h3-11,16,19H,1-2H3,(H,20,21);1H2/t16-;/m0./s1. The Balaban J connectivity index is 0.00000312. The number of hydrogen-bond acceptors (Lipinski definition) is 3. The van der Waals surface area contributed by atoms with Gasteiger partial charge >= 0.3 is 5.97 Å². The van der Waals surface area contributed by atoms with Gasteiger partial charge in [-0.05, 0) is 41.3 Å². The second-order valence-electron chi connectivity index (χ2n) is 5.71. The monoisotopic (exact) mass is 429 g/mol. The molecule has 1 atom stereocenters. The van der Waals surface area contributed by atoms with E-state index in [-0.39, 0.29) is 16.3 Å². The number of nitrogens with one attached hydrogen (secondary N) is 1. The molecule has 0 aromatic heterocycles. The van der Waals surface area contributed by atoms with Gasteiger partial charge in [0, 0.05) is 4.47 Å². The van der Waals surface area contributed by atoms with E-state index < -0.39 is 22.0 Å². The van der Waals surface area contributed by atoms with Crippen LogP contribution < -0.4 is 4.72 Å². The molecule has 4 N–H and O–H groups in total. The van der Waals surface area contributed by atoms with Crippen LogP contribution in [0, 0.1) is 5.92 Å². The van der Waals surface area contributed by atoms with Crippen molar-refractivity contribution in [3.05, 3.63) is 53.0 Å². The summed E-state index contributed by atoms with van der Waals surface area (Å²) >= 11 is 3.37. The predicted molar refractivity (Wildman–Crippen MR) is 99.8 cm³/mol. The maximum absolute atomic E-state index is 12.4. The Bertz CT molecular complexity index is 817. The summed E-state index contributed by atoms with van der Waals surface area (Å²) in [5.74, 6) is -1.56. The fourth-order valence-electron chi connectivity index (χ4n) is 2.18. The summed E-state index contributed by atoms with van der Waals surface area (Å²) in [6.07, 6.45) is 0. The molecule has 0 heterocycles. The molecule has 0 radical (unpaired) electrons. The van der Waals surface area contributed by atoms with E-state index in [9.17, 15) is 13.2 Å². The fraction of sp³-hybridized carbons (Fsp3) is 0.235. The first-order chi connectivity index (χ1) is 11.2. The van der Waals surface area contributed by atoms with Gasteiger partial charge in [0.15, 0.2) is 0 Å². The van der Waals surface area contributed by atoms with Gasteiger partial charge in [-0.15, -0.1) is 0 Å². The van der Waals surface area contributed by atoms with Crippen LogP contribution in [0.5, 0.6) is 0 Å². The maximum atomic E-state index is 12.4. The van der Waals surface area contributed by atoms with Crippen LogP contribution in [0.15, 0.2) is 57.9 Å². The summed E-state index contributed by atoms with van der Waals surface area (Å²) in [5, 5.41) is 9.14. The number of benzene rings is 2. The lowest BCUT2D eigenvalue weighted by molar-refractivity contribution is -0.140. The smallest absolute Gasteiger partial charge is 0.322 e. The van der Waals surface area contributed by atoms with Crippen molar-refractivity contribution < 1.29 is 23.8 Å². The van der Waals surface area contributed by atoms with Crippen LogP contribution in [0.4, 0.5) is 0 Å². The van der Waals surface area contributed by atoms with E-state index in [4.69, 9.17) is 5.11 Å². The summed E-state index contributed by atoms with van der Waals surface area (Å²) < 4.78 is 27.9. The van der Waals surface area contributed by atoms with Crippen molar-refractivity contribution in [3.63, 3.8) is 0 Å². The zero-order valence-corrected chi connectivity index (χ0v) is 16.1. The highest BCUT2D eigenvalue weighted by molar-refractivity contribution is 9.10. The van der Waals surface area contributed by atoms with Crippen molar-refractivity contribution in [1.82, 2.24) is 4.72 Å². The first-order valence-electron chi connectivity index (χ1n) is 7.32. The molecule has 2 aromatic rings. The van der Waals surface area contributed by atoms with E-state index in [1.165, 1.54) is 12.1 Å². The molecule has 0 saturated carbocycles. The molecule has 8 heteroatoms. The molecule has 25 heavy (non-hydrogen) atoms. The molecule has 0 bridgehead atoms. The zero-order valence-electron chi connectivity index (χ0n) is 13.7. The number of carboxylic acid groups (broad SMARTS) is 1. The predicted octanol–water partition coefficient (Wildman–Crippen LogP) is 2.68. The van der Waals surface area contributed by atoms with Crippen LogP contribution in [-0.2, 0) is 14.8 Å². The van der Waals surface area contributed by atoms with Crippen LogP contribution in [0.1, 0.15) is 13.8 Å². The highest BCUT2D eigenvalue weighted by atomic mass is 79.9. The Kier molecular flexibility index (Phi) is 7.30. The normalized spacial score (nSPS) is 12.5. The van der Waals surface area contributed by atoms with Crippen molar-refractivity contribution in [2.45, 2.75) is 24.8 Å². The molecule has 0 amide bonds. The third-order valence-electron chi connectivity index (χ3n) is 3.56. The van der Waals surface area contributed by atoms with Crippen LogP contribution in [0.2, 0.25) is 0 Å². The van der Waals surface area contributed by atoms with Gasteiger partial charge in [0.25, 0.3) is 0 Å². The van der Waals surface area contributed by atoms with E-state index in [0.29, 0.717) is 0 Å². The van der Waals surface area contributed by atoms with Gasteiger partial charge in [-0.25, -0.2) is 8.42 Å². The number of halogens is 1. The third-order valence-corrected chi connectivity index (χ3v) is 5.54. The number of carbonyl (C=O) groups is 1. The molecular formula is C17H20BrNO5S. The summed E-state index contributed by atoms with van der Waals surface area (Å²) in [4.78, 5) is 11.2. The van der Waals surface area contributed by atoms with Crippen LogP contribution in [0.3, 0.4) is 0 Å². The average Bonchev–Trinajstić information content (AvgIpc) is 2.53.